The molecule has 7 rings (SSSR count). The number of rotatable bonds is 1. The number of benzene rings is 2. The Balaban J connectivity index is 1.44. The molecule has 0 amide bonds. The van der Waals surface area contributed by atoms with Gasteiger partial charge in [-0.15, -0.1) is 0 Å². The lowest BCUT2D eigenvalue weighted by Crippen LogP contribution is -2.35. The molecule has 2 aliphatic carbocycles. The Morgan fingerprint density at radius 3 is 2.89 bits per heavy atom. The molecule has 7 nitrogen and oxygen atoms in total. The van der Waals surface area contributed by atoms with Crippen molar-refractivity contribution in [3.8, 4) is 0 Å². The van der Waals surface area contributed by atoms with Crippen LogP contribution in [0.3, 0.4) is 0 Å². The van der Waals surface area contributed by atoms with Crippen LogP contribution in [0.4, 0.5) is 11.5 Å². The van der Waals surface area contributed by atoms with E-state index in [1.807, 2.05) is 0 Å². The Bertz CT molecular complexity index is 1240. The zero-order valence-electron chi connectivity index (χ0n) is 15.3. The highest BCUT2D eigenvalue weighted by Crippen LogP contribution is 2.64. The second-order valence-corrected chi connectivity index (χ2v) is 8.69. The van der Waals surface area contributed by atoms with Crippen LogP contribution in [0.1, 0.15) is 42.3 Å². The first-order valence-corrected chi connectivity index (χ1v) is 10.1. The fourth-order valence-corrected chi connectivity index (χ4v) is 6.45. The van der Waals surface area contributed by atoms with Crippen molar-refractivity contribution in [2.75, 3.05) is 11.1 Å². The van der Waals surface area contributed by atoms with E-state index in [2.05, 4.69) is 61.3 Å². The third kappa shape index (κ3) is 1.77. The van der Waals surface area contributed by atoms with Crippen molar-refractivity contribution >= 4 is 33.4 Å². The van der Waals surface area contributed by atoms with Crippen molar-refractivity contribution < 1.29 is 0 Å². The highest BCUT2D eigenvalue weighted by Gasteiger charge is 2.54. The number of anilines is 2. The lowest BCUT2D eigenvalue weighted by Gasteiger charge is -2.43. The number of hydrogen-bond donors (Lipinski definition) is 4. The van der Waals surface area contributed by atoms with Crippen LogP contribution in [0.25, 0.3) is 21.9 Å². The van der Waals surface area contributed by atoms with Crippen LogP contribution in [0.2, 0.25) is 0 Å². The maximum Gasteiger partial charge on any atom is 0.153 e. The smallest absolute Gasteiger partial charge is 0.153 e. The van der Waals surface area contributed by atoms with Crippen LogP contribution in [0, 0.1) is 17.8 Å². The average Bonchev–Trinajstić information content (AvgIpc) is 3.51. The summed E-state index contributed by atoms with van der Waals surface area (Å²) >= 11 is 0. The molecule has 4 aromatic rings. The van der Waals surface area contributed by atoms with Crippen molar-refractivity contribution in [2.45, 2.75) is 31.2 Å². The van der Waals surface area contributed by atoms with E-state index >= 15 is 0 Å². The molecule has 2 aromatic heterocycles. The van der Waals surface area contributed by atoms with Gasteiger partial charge in [-0.3, -0.25) is 5.10 Å². The van der Waals surface area contributed by atoms with Gasteiger partial charge in [0.05, 0.1) is 11.6 Å². The standard InChI is InChI=1S/C21H21N7/c22-21-12-8-11(3-4-13(12)24-27-21)19-17-10-2-1-9(7-10)16(17)18-14(23-19)5-6-15-20(18)26-28-25-15/h3-6,8-10,16-17,19,23H,1-2,7H2,(H3,22,24,27)(H,25,26,28). The number of aromatic amines is 2. The maximum atomic E-state index is 6.09. The first-order valence-electron chi connectivity index (χ1n) is 10.1. The number of nitrogens with zero attached hydrogens (tertiary/aromatic N) is 3. The first-order chi connectivity index (χ1) is 13.8. The molecule has 5 unspecified atom stereocenters. The number of hydrogen-bond acceptors (Lipinski definition) is 5. The van der Waals surface area contributed by atoms with Gasteiger partial charge in [0.2, 0.25) is 0 Å². The average molecular weight is 371 g/mol. The van der Waals surface area contributed by atoms with Crippen LogP contribution in [-0.4, -0.2) is 25.6 Å². The van der Waals surface area contributed by atoms with Crippen molar-refractivity contribution in [3.05, 3.63) is 41.5 Å². The molecule has 5 atom stereocenters. The highest BCUT2D eigenvalue weighted by atomic mass is 15.3. The predicted molar refractivity (Wildman–Crippen MR) is 108 cm³/mol. The molecule has 1 aliphatic heterocycles. The lowest BCUT2D eigenvalue weighted by atomic mass is 9.67. The van der Waals surface area contributed by atoms with Gasteiger partial charge in [-0.25, -0.2) is 0 Å². The van der Waals surface area contributed by atoms with E-state index in [9.17, 15) is 0 Å². The molecule has 7 heteroatoms. The van der Waals surface area contributed by atoms with Crippen LogP contribution >= 0.6 is 0 Å². The molecule has 5 N–H and O–H groups in total. The molecule has 2 saturated carbocycles. The fourth-order valence-electron chi connectivity index (χ4n) is 6.45. The summed E-state index contributed by atoms with van der Waals surface area (Å²) in [6, 6.07) is 11.1. The third-order valence-corrected chi connectivity index (χ3v) is 7.51. The Morgan fingerprint density at radius 1 is 1.00 bits per heavy atom. The number of nitrogens with two attached hydrogens (primary N) is 1. The van der Waals surface area contributed by atoms with Gasteiger partial charge in [-0.1, -0.05) is 6.07 Å². The van der Waals surface area contributed by atoms with Crippen LogP contribution in [0.5, 0.6) is 0 Å². The van der Waals surface area contributed by atoms with Crippen molar-refractivity contribution in [1.82, 2.24) is 25.6 Å². The Morgan fingerprint density at radius 2 is 1.93 bits per heavy atom. The van der Waals surface area contributed by atoms with Gasteiger partial charge >= 0.3 is 0 Å². The van der Waals surface area contributed by atoms with Crippen molar-refractivity contribution in [2.24, 2.45) is 17.8 Å². The number of fused-ring (bicyclic) bond motifs is 10. The second kappa shape index (κ2) is 5.04. The molecule has 0 radical (unpaired) electrons. The molecular weight excluding hydrogens is 350 g/mol. The predicted octanol–water partition coefficient (Wildman–Crippen LogP) is 3.71. The molecule has 3 aliphatic rings. The van der Waals surface area contributed by atoms with Crippen molar-refractivity contribution in [3.63, 3.8) is 0 Å². The van der Waals surface area contributed by atoms with Crippen LogP contribution in [-0.2, 0) is 0 Å². The molecule has 2 bridgehead atoms. The summed E-state index contributed by atoms with van der Waals surface area (Å²) in [4.78, 5) is 0. The second-order valence-electron chi connectivity index (χ2n) is 8.69. The summed E-state index contributed by atoms with van der Waals surface area (Å²) in [5, 5.41) is 23.7. The highest BCUT2D eigenvalue weighted by molar-refractivity contribution is 5.89. The fraction of sp³-hybridized carbons (Fsp3) is 0.381. The number of aromatic nitrogens is 5. The minimum absolute atomic E-state index is 0.288. The summed E-state index contributed by atoms with van der Waals surface area (Å²) in [5.41, 5.74) is 13.0. The van der Waals surface area contributed by atoms with Crippen LogP contribution in [0.15, 0.2) is 30.3 Å². The van der Waals surface area contributed by atoms with Crippen LogP contribution < -0.4 is 11.1 Å². The van der Waals surface area contributed by atoms with Gasteiger partial charge in [-0.05, 0) is 72.8 Å². The molecule has 28 heavy (non-hydrogen) atoms. The van der Waals surface area contributed by atoms with E-state index in [1.54, 1.807) is 0 Å². The summed E-state index contributed by atoms with van der Waals surface area (Å²) in [5.74, 6) is 3.22. The largest absolute Gasteiger partial charge is 0.382 e. The number of nitrogens with one attached hydrogen (secondary N) is 3. The van der Waals surface area contributed by atoms with Gasteiger partial charge < -0.3 is 11.1 Å². The quantitative estimate of drug-likeness (QED) is 0.408. The minimum Gasteiger partial charge on any atom is -0.382 e. The van der Waals surface area contributed by atoms with E-state index in [0.717, 1.165) is 33.8 Å². The summed E-state index contributed by atoms with van der Waals surface area (Å²) in [6.45, 7) is 0. The summed E-state index contributed by atoms with van der Waals surface area (Å²) in [7, 11) is 0. The van der Waals surface area contributed by atoms with Gasteiger partial charge in [0.15, 0.2) is 5.82 Å². The van der Waals surface area contributed by atoms with Gasteiger partial charge in [-0.2, -0.15) is 20.5 Å². The minimum atomic E-state index is 0.288. The van der Waals surface area contributed by atoms with Gasteiger partial charge in [0.25, 0.3) is 0 Å². The zero-order valence-corrected chi connectivity index (χ0v) is 15.3. The third-order valence-electron chi connectivity index (χ3n) is 7.51. The number of H-pyrrole nitrogens is 2. The molecule has 140 valence electrons. The normalized spacial score (nSPS) is 30.5. The molecular formula is C21H21N7. The van der Waals surface area contributed by atoms with E-state index in [1.165, 1.54) is 36.1 Å². The number of nitrogen functional groups attached to an aromatic ring is 1. The molecule has 0 spiro atoms. The lowest BCUT2D eigenvalue weighted by molar-refractivity contribution is 0.249. The molecule has 2 aromatic carbocycles. The molecule has 0 saturated heterocycles. The van der Waals surface area contributed by atoms with Crippen molar-refractivity contribution in [1.29, 1.82) is 0 Å². The zero-order chi connectivity index (χ0) is 18.4. The Kier molecular flexibility index (Phi) is 2.68. The van der Waals surface area contributed by atoms with Gasteiger partial charge in [0, 0.05) is 16.6 Å². The molecule has 3 heterocycles. The summed E-state index contributed by atoms with van der Waals surface area (Å²) in [6.07, 6.45) is 4.00. The Hall–Kier alpha value is -3.09. The SMILES string of the molecule is Nc1n[nH]c2ccc(C3Nc4ccc5n[nH]nc5c4C4C5CCC(C5)C34)cc12. The van der Waals surface area contributed by atoms with E-state index in [-0.39, 0.29) is 6.04 Å². The van der Waals surface area contributed by atoms with E-state index in [0.29, 0.717) is 17.7 Å². The monoisotopic (exact) mass is 371 g/mol. The van der Waals surface area contributed by atoms with E-state index < -0.39 is 0 Å². The Labute approximate surface area is 161 Å². The maximum absolute atomic E-state index is 6.09. The van der Waals surface area contributed by atoms with E-state index in [4.69, 9.17) is 5.73 Å². The van der Waals surface area contributed by atoms with Gasteiger partial charge in [0.1, 0.15) is 11.0 Å². The first kappa shape index (κ1) is 14.9. The summed E-state index contributed by atoms with van der Waals surface area (Å²) < 4.78 is 0. The molecule has 2 fully saturated rings. The topological polar surface area (TPSA) is 108 Å².